The second-order valence-electron chi connectivity index (χ2n) is 8.02. The average molecular weight is 643 g/mol. The topological polar surface area (TPSA) is 123 Å². The number of carbonyl (C=O) groups is 1. The van der Waals surface area contributed by atoms with Gasteiger partial charge in [0, 0.05) is 19.2 Å². The van der Waals surface area contributed by atoms with Crippen molar-refractivity contribution in [2.24, 2.45) is 5.92 Å². The van der Waals surface area contributed by atoms with E-state index in [0.717, 1.165) is 11.8 Å². The van der Waals surface area contributed by atoms with E-state index in [0.29, 0.717) is 44.0 Å². The van der Waals surface area contributed by atoms with Gasteiger partial charge in [-0.15, -0.1) is 13.2 Å². The molecule has 1 amide bonds. The highest BCUT2D eigenvalue weighted by Crippen LogP contribution is 2.33. The van der Waals surface area contributed by atoms with Gasteiger partial charge in [-0.3, -0.25) is 9.52 Å². The summed E-state index contributed by atoms with van der Waals surface area (Å²) in [4.78, 5) is 23.1. The van der Waals surface area contributed by atoms with Crippen LogP contribution in [-0.4, -0.2) is 61.2 Å². The Bertz CT molecular complexity index is 1170. The van der Waals surface area contributed by atoms with Crippen LogP contribution in [0.3, 0.4) is 0 Å². The summed E-state index contributed by atoms with van der Waals surface area (Å²) in [6.45, 7) is 1.02. The van der Waals surface area contributed by atoms with Crippen LogP contribution in [0, 0.1) is 5.92 Å². The molecule has 0 bridgehead atoms. The lowest BCUT2D eigenvalue weighted by atomic mass is 9.97. The van der Waals surface area contributed by atoms with E-state index in [2.05, 4.69) is 47.3 Å². The highest BCUT2D eigenvalue weighted by molar-refractivity contribution is 14.1. The largest absolute Gasteiger partial charge is 0.573 e. The predicted molar refractivity (Wildman–Crippen MR) is 135 cm³/mol. The molecule has 2 aromatic rings. The lowest BCUT2D eigenvalue weighted by Gasteiger charge is -2.38. The van der Waals surface area contributed by atoms with Crippen LogP contribution in [0.4, 0.5) is 24.8 Å². The summed E-state index contributed by atoms with van der Waals surface area (Å²) in [7, 11) is -2.25. The number of ether oxygens (including phenoxy) is 2. The molecule has 1 aliphatic rings. The second-order valence-corrected chi connectivity index (χ2v) is 11.0. The van der Waals surface area contributed by atoms with E-state index in [1.807, 2.05) is 4.90 Å². The Kier molecular flexibility index (Phi) is 9.08. The van der Waals surface area contributed by atoms with Crippen LogP contribution in [0.25, 0.3) is 0 Å². The van der Waals surface area contributed by atoms with Gasteiger partial charge in [0.15, 0.2) is 0 Å². The molecule has 15 heteroatoms. The fraction of sp³-hybridized carbons (Fsp3) is 0.476. The molecule has 2 atom stereocenters. The molecule has 0 aliphatic carbocycles. The van der Waals surface area contributed by atoms with Crippen LogP contribution >= 0.6 is 22.6 Å². The van der Waals surface area contributed by atoms with Crippen LogP contribution < -0.4 is 24.4 Å². The summed E-state index contributed by atoms with van der Waals surface area (Å²) >= 11 is 2.10. The Morgan fingerprint density at radius 2 is 1.94 bits per heavy atom. The van der Waals surface area contributed by atoms with E-state index >= 15 is 0 Å². The zero-order chi connectivity index (χ0) is 26.5. The number of methoxy groups -OCH3 is 1. The zero-order valence-electron chi connectivity index (χ0n) is 19.4. The molecule has 0 saturated carbocycles. The summed E-state index contributed by atoms with van der Waals surface area (Å²) in [5.74, 6) is -0.444. The van der Waals surface area contributed by atoms with E-state index in [9.17, 15) is 26.4 Å². The smallest absolute Gasteiger partial charge is 0.467 e. The molecule has 1 aromatic carbocycles. The Hall–Kier alpha value is -2.56. The zero-order valence-corrected chi connectivity index (χ0v) is 22.4. The molecule has 1 saturated heterocycles. The molecule has 10 nitrogen and oxygen atoms in total. The van der Waals surface area contributed by atoms with Crippen molar-refractivity contribution < 1.29 is 35.9 Å². The first-order chi connectivity index (χ1) is 16.8. The minimum atomic E-state index is -4.74. The van der Waals surface area contributed by atoms with Crippen molar-refractivity contribution in [3.05, 3.63) is 35.9 Å². The first-order valence-electron chi connectivity index (χ1n) is 10.8. The summed E-state index contributed by atoms with van der Waals surface area (Å²) in [6.07, 6.45) is -2.11. The molecule has 3 rings (SSSR count). The molecular formula is C21H25F3IN5O5S. The SMILES string of the molecule is COc1nc(NCCc2ccc(OC(F)(F)F)cc2)cc(N2CCCC(C(=O)NS(C)(=O)=O)C2I)n1. The summed E-state index contributed by atoms with van der Waals surface area (Å²) < 4.78 is 70.7. The summed E-state index contributed by atoms with van der Waals surface area (Å²) in [5.41, 5.74) is 0.793. The highest BCUT2D eigenvalue weighted by atomic mass is 127. The van der Waals surface area contributed by atoms with Crippen molar-refractivity contribution >= 4 is 50.2 Å². The first-order valence-corrected chi connectivity index (χ1v) is 13.9. The minimum Gasteiger partial charge on any atom is -0.467 e. The number of piperidine rings is 1. The fourth-order valence-electron chi connectivity index (χ4n) is 3.65. The molecule has 2 N–H and O–H groups in total. The number of hydrogen-bond donors (Lipinski definition) is 2. The van der Waals surface area contributed by atoms with Gasteiger partial charge < -0.3 is 19.7 Å². The Morgan fingerprint density at radius 1 is 1.25 bits per heavy atom. The Labute approximate surface area is 220 Å². The number of aromatic nitrogens is 2. The number of halogens is 4. The summed E-state index contributed by atoms with van der Waals surface area (Å²) in [6, 6.07) is 7.40. The van der Waals surface area contributed by atoms with Crippen molar-refractivity contribution in [2.75, 3.05) is 36.7 Å². The molecule has 198 valence electrons. The third kappa shape index (κ3) is 8.25. The van der Waals surface area contributed by atoms with Gasteiger partial charge in [-0.05, 0) is 37.0 Å². The van der Waals surface area contributed by atoms with Crippen LogP contribution in [0.1, 0.15) is 18.4 Å². The molecular weight excluding hydrogens is 618 g/mol. The Balaban J connectivity index is 1.67. The third-order valence-electron chi connectivity index (χ3n) is 5.21. The molecule has 0 radical (unpaired) electrons. The van der Waals surface area contributed by atoms with Crippen LogP contribution in [-0.2, 0) is 21.2 Å². The van der Waals surface area contributed by atoms with Crippen LogP contribution in [0.2, 0.25) is 0 Å². The number of alkyl halides is 4. The van der Waals surface area contributed by atoms with Gasteiger partial charge in [-0.2, -0.15) is 9.97 Å². The number of carbonyl (C=O) groups excluding carboxylic acids is 1. The quantitative estimate of drug-likeness (QED) is 0.241. The predicted octanol–water partition coefficient (Wildman–Crippen LogP) is 3.09. The molecule has 2 unspecified atom stereocenters. The molecule has 1 aromatic heterocycles. The standard InChI is InChI=1S/C21H25F3IN5O5S/c1-34-20-27-16(26-10-9-13-5-7-14(8-6-13)35-21(22,23)24)12-17(28-20)30-11-3-4-15(18(30)25)19(31)29-36(2,32)33/h5-8,12,15,18H,3-4,9-11H2,1-2H3,(H,29,31)(H,26,27,28). The normalized spacial score (nSPS) is 18.4. The molecule has 1 fully saturated rings. The number of rotatable bonds is 9. The van der Waals surface area contributed by atoms with Gasteiger partial charge >= 0.3 is 12.4 Å². The van der Waals surface area contributed by atoms with Gasteiger partial charge in [0.1, 0.15) is 17.4 Å². The maximum absolute atomic E-state index is 12.5. The van der Waals surface area contributed by atoms with Crippen molar-refractivity contribution in [2.45, 2.75) is 29.7 Å². The number of amides is 1. The number of hydrogen-bond acceptors (Lipinski definition) is 9. The van der Waals surface area contributed by atoms with Crippen LogP contribution in [0.15, 0.2) is 30.3 Å². The van der Waals surface area contributed by atoms with Crippen LogP contribution in [0.5, 0.6) is 11.8 Å². The van der Waals surface area contributed by atoms with E-state index in [1.54, 1.807) is 18.2 Å². The lowest BCUT2D eigenvalue weighted by molar-refractivity contribution is -0.274. The fourth-order valence-corrected chi connectivity index (χ4v) is 5.42. The maximum Gasteiger partial charge on any atom is 0.573 e. The maximum atomic E-state index is 12.5. The highest BCUT2D eigenvalue weighted by Gasteiger charge is 2.36. The number of anilines is 2. The number of nitrogens with zero attached hydrogens (tertiary/aromatic N) is 3. The molecule has 36 heavy (non-hydrogen) atoms. The monoisotopic (exact) mass is 643 g/mol. The van der Waals surface area contributed by atoms with Gasteiger partial charge in [0.2, 0.25) is 15.9 Å². The number of nitrogens with one attached hydrogen (secondary N) is 2. The number of benzene rings is 1. The summed E-state index contributed by atoms with van der Waals surface area (Å²) in [5, 5.41) is 3.15. The van der Waals surface area contributed by atoms with E-state index in [1.165, 1.54) is 19.2 Å². The van der Waals surface area contributed by atoms with E-state index in [4.69, 9.17) is 4.74 Å². The van der Waals surface area contributed by atoms with E-state index in [-0.39, 0.29) is 15.8 Å². The van der Waals surface area contributed by atoms with Gasteiger partial charge in [-0.1, -0.05) is 34.7 Å². The average Bonchev–Trinajstić information content (AvgIpc) is 2.78. The van der Waals surface area contributed by atoms with Gasteiger partial charge in [-0.25, -0.2) is 8.42 Å². The molecule has 2 heterocycles. The molecule has 1 aliphatic heterocycles. The van der Waals surface area contributed by atoms with E-state index < -0.39 is 28.2 Å². The van der Waals surface area contributed by atoms with Gasteiger partial charge in [0.25, 0.3) is 0 Å². The van der Waals surface area contributed by atoms with Crippen molar-refractivity contribution in [1.29, 1.82) is 0 Å². The third-order valence-corrected chi connectivity index (χ3v) is 7.32. The number of sulfonamides is 1. The molecule has 0 spiro atoms. The second kappa shape index (κ2) is 11.7. The van der Waals surface area contributed by atoms with Crippen molar-refractivity contribution in [1.82, 2.24) is 14.7 Å². The first kappa shape index (κ1) is 28.0. The van der Waals surface area contributed by atoms with Gasteiger partial charge in [0.05, 0.1) is 23.3 Å². The van der Waals surface area contributed by atoms with Crippen molar-refractivity contribution in [3.8, 4) is 11.8 Å². The Morgan fingerprint density at radius 3 is 2.56 bits per heavy atom. The minimum absolute atomic E-state index is 0.106. The van der Waals surface area contributed by atoms with Crippen molar-refractivity contribution in [3.63, 3.8) is 0 Å². The lowest BCUT2D eigenvalue weighted by Crippen LogP contribution is -2.49.